The van der Waals surface area contributed by atoms with Gasteiger partial charge >= 0.3 is 0 Å². The number of rotatable bonds is 17. The fourth-order valence-corrected chi connectivity index (χ4v) is 12.5. The third-order valence-electron chi connectivity index (χ3n) is 17.2. The van der Waals surface area contributed by atoms with E-state index in [4.69, 9.17) is 12.0 Å². The summed E-state index contributed by atoms with van der Waals surface area (Å²) in [6.45, 7) is -0.822. The van der Waals surface area contributed by atoms with Crippen LogP contribution in [0.25, 0.3) is 10.4 Å². The Balaban J connectivity index is 0.000000174. The Labute approximate surface area is 583 Å². The molecule has 0 bridgehead atoms. The molecular weight excluding hydrogens is 1360 g/mol. The molecule has 0 radical (unpaired) electrons. The molecule has 0 saturated carbocycles. The number of azide groups is 1. The summed E-state index contributed by atoms with van der Waals surface area (Å²) in [7, 11) is 0. The number of carbonyl (C=O) groups excluding carboxylic acids is 20. The van der Waals surface area contributed by atoms with Crippen LogP contribution in [0.1, 0.15) is 159 Å². The van der Waals surface area contributed by atoms with Crippen molar-refractivity contribution in [3.05, 3.63) is 140 Å². The van der Waals surface area contributed by atoms with E-state index in [2.05, 4.69) is 68.8 Å². The zero-order chi connectivity index (χ0) is 74.5. The van der Waals surface area contributed by atoms with Crippen molar-refractivity contribution in [1.29, 1.82) is 0 Å². The van der Waals surface area contributed by atoms with Crippen LogP contribution < -0.4 is 42.5 Å². The predicted octanol–water partition coefficient (Wildman–Crippen LogP) is 0.0668. The van der Waals surface area contributed by atoms with Crippen LogP contribution in [-0.4, -0.2) is 183 Å². The van der Waals surface area contributed by atoms with Crippen LogP contribution in [0, 0.1) is 12.3 Å². The summed E-state index contributed by atoms with van der Waals surface area (Å²) in [6, 6.07) is 13.0. The van der Waals surface area contributed by atoms with Gasteiger partial charge in [-0.3, -0.25) is 137 Å². The van der Waals surface area contributed by atoms with E-state index < -0.39 is 143 Å². The molecule has 8 aliphatic rings. The quantitative estimate of drug-likeness (QED) is 0.0201. The van der Waals surface area contributed by atoms with E-state index in [0.717, 1.165) is 19.6 Å². The molecule has 4 saturated heterocycles. The van der Waals surface area contributed by atoms with E-state index in [1.54, 1.807) is 0 Å². The monoisotopic (exact) mass is 1420 g/mol. The number of imide groups is 8. The largest absolute Gasteiger partial charge is 0.325 e. The van der Waals surface area contributed by atoms with Crippen LogP contribution in [0.5, 0.6) is 0 Å². The molecule has 38 nitrogen and oxygen atoms in total. The van der Waals surface area contributed by atoms with Gasteiger partial charge in [-0.15, -0.1) is 17.4 Å². The number of nitrogens with zero attached hydrogens (tertiary/aromatic N) is 10. The van der Waals surface area contributed by atoms with Crippen molar-refractivity contribution < 1.29 is 95.9 Å². The minimum absolute atomic E-state index is 0.00289. The number of benzene rings is 4. The zero-order valence-electron chi connectivity index (χ0n) is 53.9. The average molecular weight is 1420 g/mol. The second-order valence-electron chi connectivity index (χ2n) is 23.9. The lowest BCUT2D eigenvalue weighted by molar-refractivity contribution is -0.137. The summed E-state index contributed by atoms with van der Waals surface area (Å²) in [5.74, 6) is -10.3. The summed E-state index contributed by atoms with van der Waals surface area (Å²) in [5.41, 5.74) is 8.97. The number of anilines is 4. The highest BCUT2D eigenvalue weighted by atomic mass is 16.2. The van der Waals surface area contributed by atoms with Crippen LogP contribution in [-0.2, 0) is 70.5 Å². The van der Waals surface area contributed by atoms with Gasteiger partial charge in [-0.25, -0.2) is 4.68 Å². The fourth-order valence-electron chi connectivity index (χ4n) is 12.5. The van der Waals surface area contributed by atoms with Crippen LogP contribution in [0.4, 0.5) is 22.7 Å². The number of carbonyl (C=O) groups is 20. The summed E-state index contributed by atoms with van der Waals surface area (Å²) in [4.78, 5) is 253. The highest BCUT2D eigenvalue weighted by Gasteiger charge is 2.50. The Morgan fingerprint density at radius 3 is 1.10 bits per heavy atom. The molecule has 4 atom stereocenters. The first kappa shape index (κ1) is 71.2. The molecule has 4 aromatic carbocycles. The predicted molar refractivity (Wildman–Crippen MR) is 347 cm³/mol. The van der Waals surface area contributed by atoms with Gasteiger partial charge in [-0.05, 0) is 79.7 Å². The van der Waals surface area contributed by atoms with Crippen LogP contribution >= 0.6 is 0 Å². The number of hydrogen-bond acceptors (Lipinski definition) is 23. The topological polar surface area (TPSA) is 530 Å². The van der Waals surface area contributed by atoms with Gasteiger partial charge in [-0.2, -0.15) is 0 Å². The highest BCUT2D eigenvalue weighted by Crippen LogP contribution is 2.37. The summed E-state index contributed by atoms with van der Waals surface area (Å²) in [5, 5.41) is 29.7. The summed E-state index contributed by atoms with van der Waals surface area (Å²) in [6.07, 6.45) is 6.90. The first-order chi connectivity index (χ1) is 49.8. The smallest absolute Gasteiger partial charge is 0.264 e. The Kier molecular flexibility index (Phi) is 20.4. The lowest BCUT2D eigenvalue weighted by atomic mass is 10.0. The standard InChI is InChI=1S/C33H27N9O10.C18H15N3O5.C15H12N6O5/c43-22(34-18-5-1-3-16-26(18)32(51)41(30(16)49)20-8-11-23(44)36-28(20)47)10-7-15-13-40(39-38-15)14-25(46)35-19-6-2-4-17-27(19)33(52)42(31(17)50)21-9-12-24(45)37-29(21)48;1-2-3-7-13(22)19-11-6-4-5-10-15(11)18(26)21(17(10)25)12-8-9-14(23)20-16(12)24;16-20-17-6-11(23)18-8-3-1-2-7-12(8)15(26)21(14(7)25)9-4-5-10(22)19-13(9)24/h1-6,13,20-21H,7-12,14H2,(H,34,43)(H,35,46)(H,36,44,47)(H,37,45,48);1,4-6,12H,3,7-9H2,(H,19,22)(H,20,23,24);1-3,9H,4-6H2,(H,18,23)(H,19,22,24). The van der Waals surface area contributed by atoms with Gasteiger partial charge in [0.1, 0.15) is 37.3 Å². The number of terminal acetylenes is 1. The minimum Gasteiger partial charge on any atom is -0.325 e. The number of fused-ring (bicyclic) bond motifs is 4. The van der Waals surface area contributed by atoms with Crippen molar-refractivity contribution in [2.75, 3.05) is 27.8 Å². The molecule has 1 aromatic heterocycles. The van der Waals surface area contributed by atoms with E-state index >= 15 is 0 Å². The minimum atomic E-state index is -1.17. The Morgan fingerprint density at radius 2 is 0.779 bits per heavy atom. The molecule has 0 aliphatic carbocycles. The maximum atomic E-state index is 13.3. The average Bonchev–Trinajstić information content (AvgIpc) is 1.63. The molecule has 4 fully saturated rings. The third-order valence-corrected chi connectivity index (χ3v) is 17.2. The first-order valence-electron chi connectivity index (χ1n) is 31.7. The van der Waals surface area contributed by atoms with Gasteiger partial charge in [0.15, 0.2) is 0 Å². The van der Waals surface area contributed by atoms with E-state index in [1.807, 2.05) is 0 Å². The molecule has 8 aliphatic heterocycles. The summed E-state index contributed by atoms with van der Waals surface area (Å²) < 4.78 is 1.20. The van der Waals surface area contributed by atoms with Crippen LogP contribution in [0.15, 0.2) is 84.1 Å². The SMILES string of the molecule is C#CCCC(=O)Nc1cccc2c1C(=O)N(C1CCC(=O)NC1=O)C2=O.O=C1CCC(N2C(=O)c3cccc(NC(=O)CCc4cn(CC(=O)Nc5cccc6c5C(=O)N(C5CCC(=O)NC5=O)C6=O)nn4)c3C2=O)C(=O)N1.[N-]=[N+]=NCC(=O)Nc1cccc2c1C(=O)N(C1CCC(=O)NC1=O)C2=O. The maximum absolute atomic E-state index is 13.3. The van der Waals surface area contributed by atoms with Gasteiger partial charge in [0.05, 0.1) is 73.0 Å². The van der Waals surface area contributed by atoms with Crippen molar-refractivity contribution >= 4 is 141 Å². The van der Waals surface area contributed by atoms with Crippen molar-refractivity contribution in [3.63, 3.8) is 0 Å². The normalized spacial score (nSPS) is 19.4. The molecule has 0 spiro atoms. The summed E-state index contributed by atoms with van der Waals surface area (Å²) >= 11 is 0. The second-order valence-corrected chi connectivity index (χ2v) is 23.9. The fraction of sp³-hybridized carbons (Fsp3) is 0.273. The number of aromatic nitrogens is 3. The number of nitrogens with one attached hydrogen (secondary N) is 8. The molecule has 9 heterocycles. The molecular formula is C66H54N18O20. The Morgan fingerprint density at radius 1 is 0.462 bits per heavy atom. The van der Waals surface area contributed by atoms with E-state index in [-0.39, 0.29) is 157 Å². The van der Waals surface area contributed by atoms with Crippen LogP contribution in [0.2, 0.25) is 0 Å². The van der Waals surface area contributed by atoms with Crippen molar-refractivity contribution in [1.82, 2.24) is 55.9 Å². The molecule has 4 unspecified atom stereocenters. The molecule has 20 amide bonds. The Bertz CT molecular complexity index is 4850. The van der Waals surface area contributed by atoms with Gasteiger partial charge in [0, 0.05) is 62.5 Å². The number of hydrogen-bond donors (Lipinski definition) is 8. The van der Waals surface area contributed by atoms with Gasteiger partial charge < -0.3 is 21.3 Å². The molecule has 528 valence electrons. The lowest BCUT2D eigenvalue weighted by Crippen LogP contribution is -2.54. The van der Waals surface area contributed by atoms with Gasteiger partial charge in [0.2, 0.25) is 70.9 Å². The van der Waals surface area contributed by atoms with Crippen molar-refractivity contribution in [3.8, 4) is 12.3 Å². The van der Waals surface area contributed by atoms with Gasteiger partial charge in [-0.1, -0.05) is 34.6 Å². The lowest BCUT2D eigenvalue weighted by Gasteiger charge is -2.27. The van der Waals surface area contributed by atoms with E-state index in [0.29, 0.717) is 5.69 Å². The van der Waals surface area contributed by atoms with Crippen LogP contribution in [0.3, 0.4) is 0 Å². The van der Waals surface area contributed by atoms with Crippen molar-refractivity contribution in [2.24, 2.45) is 5.11 Å². The second kappa shape index (κ2) is 29.8. The van der Waals surface area contributed by atoms with E-state index in [1.165, 1.54) is 83.7 Å². The molecule has 8 N–H and O–H groups in total. The third kappa shape index (κ3) is 14.2. The zero-order valence-corrected chi connectivity index (χ0v) is 53.9. The number of aryl methyl sites for hydroxylation is 1. The molecule has 5 aromatic rings. The molecule has 38 heteroatoms. The maximum Gasteiger partial charge on any atom is 0.264 e. The molecule has 13 rings (SSSR count). The number of amides is 20. The first-order valence-corrected chi connectivity index (χ1v) is 31.7. The number of piperidine rings is 4. The van der Waals surface area contributed by atoms with Crippen molar-refractivity contribution in [2.45, 2.75) is 108 Å². The van der Waals surface area contributed by atoms with Gasteiger partial charge in [0.25, 0.3) is 47.3 Å². The highest BCUT2D eigenvalue weighted by molar-refractivity contribution is 6.29. The Hall–Kier alpha value is -14.1. The molecule has 104 heavy (non-hydrogen) atoms. The van der Waals surface area contributed by atoms with E-state index in [9.17, 15) is 95.9 Å².